The Balaban J connectivity index is 1.99. The smallest absolute Gasteiger partial charge is 0.339 e. The molecule has 0 saturated carbocycles. The van der Waals surface area contributed by atoms with Gasteiger partial charge in [-0.25, -0.2) is 4.79 Å². The molecule has 29 heavy (non-hydrogen) atoms. The summed E-state index contributed by atoms with van der Waals surface area (Å²) in [4.78, 5) is 35.5. The van der Waals surface area contributed by atoms with Gasteiger partial charge in [0.05, 0.1) is 12.7 Å². The largest absolute Gasteiger partial charge is 0.469 e. The minimum atomic E-state index is -0.624. The zero-order chi connectivity index (χ0) is 21.1. The highest BCUT2D eigenvalue weighted by atomic mass is 35.5. The van der Waals surface area contributed by atoms with E-state index in [2.05, 4.69) is 10.1 Å². The summed E-state index contributed by atoms with van der Waals surface area (Å²) in [6, 6.07) is 16.1. The Labute approximate surface area is 174 Å². The van der Waals surface area contributed by atoms with E-state index >= 15 is 0 Å². The van der Waals surface area contributed by atoms with Crippen LogP contribution >= 0.6 is 11.6 Å². The van der Waals surface area contributed by atoms with Gasteiger partial charge >= 0.3 is 11.9 Å². The van der Waals surface area contributed by atoms with Crippen LogP contribution in [0.15, 0.2) is 54.6 Å². The Morgan fingerprint density at radius 3 is 2.38 bits per heavy atom. The van der Waals surface area contributed by atoms with Crippen LogP contribution < -0.4 is 5.32 Å². The number of carbonyl (C=O) groups excluding carboxylic acids is 3. The number of amides is 1. The summed E-state index contributed by atoms with van der Waals surface area (Å²) in [5, 5.41) is 3.14. The summed E-state index contributed by atoms with van der Waals surface area (Å²) >= 11 is 5.93. The molecule has 6 nitrogen and oxygen atoms in total. The van der Waals surface area contributed by atoms with Gasteiger partial charge in [-0.2, -0.15) is 0 Å². The van der Waals surface area contributed by atoms with E-state index in [0.717, 1.165) is 5.56 Å². The van der Waals surface area contributed by atoms with Crippen LogP contribution in [-0.2, 0) is 23.9 Å². The quantitative estimate of drug-likeness (QED) is 0.293. The fourth-order valence-corrected chi connectivity index (χ4v) is 2.55. The third-order valence-electron chi connectivity index (χ3n) is 3.93. The summed E-state index contributed by atoms with van der Waals surface area (Å²) in [6.07, 6.45) is 2.34. The van der Waals surface area contributed by atoms with E-state index in [4.69, 9.17) is 16.3 Å². The van der Waals surface area contributed by atoms with Gasteiger partial charge in [0.1, 0.15) is 0 Å². The molecule has 2 aromatic rings. The van der Waals surface area contributed by atoms with E-state index in [1.807, 2.05) is 30.3 Å². The second-order valence-corrected chi connectivity index (χ2v) is 6.52. The van der Waals surface area contributed by atoms with Crippen molar-refractivity contribution in [2.24, 2.45) is 0 Å². The van der Waals surface area contributed by atoms with Gasteiger partial charge in [-0.3, -0.25) is 9.59 Å². The monoisotopic (exact) mass is 415 g/mol. The number of esters is 2. The predicted octanol–water partition coefficient (Wildman–Crippen LogP) is 3.49. The van der Waals surface area contributed by atoms with Crippen LogP contribution in [0.3, 0.4) is 0 Å². The fraction of sp³-hybridized carbons (Fsp3) is 0.227. The third-order valence-corrected chi connectivity index (χ3v) is 4.18. The first kappa shape index (κ1) is 22.2. The summed E-state index contributed by atoms with van der Waals surface area (Å²) in [5.41, 5.74) is 1.76. The van der Waals surface area contributed by atoms with Crippen molar-refractivity contribution in [1.29, 1.82) is 0 Å². The lowest BCUT2D eigenvalue weighted by atomic mass is 10.0. The molecule has 0 radical (unpaired) electrons. The second kappa shape index (κ2) is 11.7. The van der Waals surface area contributed by atoms with E-state index in [0.29, 0.717) is 22.6 Å². The van der Waals surface area contributed by atoms with Crippen LogP contribution in [-0.4, -0.2) is 38.1 Å². The first-order valence-corrected chi connectivity index (χ1v) is 9.40. The number of methoxy groups -OCH3 is 1. The van der Waals surface area contributed by atoms with E-state index in [-0.39, 0.29) is 18.9 Å². The molecule has 2 rings (SSSR count). The average molecular weight is 416 g/mol. The number of rotatable bonds is 9. The Kier molecular flexibility index (Phi) is 8.92. The zero-order valence-corrected chi connectivity index (χ0v) is 16.8. The maximum absolute atomic E-state index is 12.6. The van der Waals surface area contributed by atoms with Gasteiger partial charge in [-0.05, 0) is 35.8 Å². The highest BCUT2D eigenvalue weighted by Gasteiger charge is 2.16. The first-order chi connectivity index (χ1) is 14.0. The van der Waals surface area contributed by atoms with E-state index < -0.39 is 18.5 Å². The number of benzene rings is 2. The minimum Gasteiger partial charge on any atom is -0.469 e. The molecule has 0 aliphatic heterocycles. The average Bonchev–Trinajstić information content (AvgIpc) is 2.74. The Morgan fingerprint density at radius 2 is 1.72 bits per heavy atom. The van der Waals surface area contributed by atoms with Crippen molar-refractivity contribution in [3.05, 3.63) is 70.7 Å². The third kappa shape index (κ3) is 7.79. The van der Waals surface area contributed by atoms with E-state index in [1.54, 1.807) is 30.3 Å². The van der Waals surface area contributed by atoms with Crippen molar-refractivity contribution in [1.82, 2.24) is 5.32 Å². The van der Waals surface area contributed by atoms with Crippen molar-refractivity contribution in [2.45, 2.75) is 12.8 Å². The minimum absolute atomic E-state index is 0.205. The summed E-state index contributed by atoms with van der Waals surface area (Å²) < 4.78 is 9.70. The van der Waals surface area contributed by atoms with Crippen molar-refractivity contribution in [2.75, 3.05) is 20.3 Å². The SMILES string of the molecule is COC(=O)CCCNC(=O)COC(=O)/C(=C/c1ccccc1)c1ccc(Cl)cc1. The molecule has 0 aliphatic carbocycles. The lowest BCUT2D eigenvalue weighted by Gasteiger charge is -2.10. The Hall–Kier alpha value is -3.12. The molecule has 0 fully saturated rings. The molecular formula is C22H22ClNO5. The van der Waals surface area contributed by atoms with Crippen molar-refractivity contribution >= 4 is 41.1 Å². The normalized spacial score (nSPS) is 10.9. The van der Waals surface area contributed by atoms with Crippen molar-refractivity contribution in [3.63, 3.8) is 0 Å². The predicted molar refractivity (Wildman–Crippen MR) is 111 cm³/mol. The van der Waals surface area contributed by atoms with E-state index in [1.165, 1.54) is 7.11 Å². The molecule has 0 atom stereocenters. The number of nitrogens with one attached hydrogen (secondary N) is 1. The number of hydrogen-bond acceptors (Lipinski definition) is 5. The molecule has 0 aromatic heterocycles. The Bertz CT molecular complexity index is 863. The topological polar surface area (TPSA) is 81.7 Å². The molecule has 0 saturated heterocycles. The van der Waals surface area contributed by atoms with Crippen LogP contribution in [0.4, 0.5) is 0 Å². The summed E-state index contributed by atoms with van der Waals surface area (Å²) in [5.74, 6) is -1.41. The number of ether oxygens (including phenoxy) is 2. The molecule has 1 amide bonds. The van der Waals surface area contributed by atoms with Gasteiger partial charge in [0.15, 0.2) is 6.61 Å². The number of hydrogen-bond donors (Lipinski definition) is 1. The van der Waals surface area contributed by atoms with Gasteiger partial charge in [0.2, 0.25) is 0 Å². The molecule has 2 aromatic carbocycles. The maximum atomic E-state index is 12.6. The zero-order valence-electron chi connectivity index (χ0n) is 16.0. The van der Waals surface area contributed by atoms with E-state index in [9.17, 15) is 14.4 Å². The number of halogens is 1. The van der Waals surface area contributed by atoms with Crippen LogP contribution in [0.25, 0.3) is 11.6 Å². The number of carbonyl (C=O) groups is 3. The molecule has 0 spiro atoms. The van der Waals surface area contributed by atoms with Gasteiger partial charge in [-0.1, -0.05) is 54.1 Å². The van der Waals surface area contributed by atoms with Crippen LogP contribution in [0, 0.1) is 0 Å². The van der Waals surface area contributed by atoms with Gasteiger partial charge in [0, 0.05) is 18.0 Å². The molecule has 0 unspecified atom stereocenters. The van der Waals surface area contributed by atoms with Gasteiger partial charge in [0.25, 0.3) is 5.91 Å². The van der Waals surface area contributed by atoms with Gasteiger partial charge < -0.3 is 14.8 Å². The highest BCUT2D eigenvalue weighted by molar-refractivity contribution is 6.30. The van der Waals surface area contributed by atoms with Crippen molar-refractivity contribution in [3.8, 4) is 0 Å². The fourth-order valence-electron chi connectivity index (χ4n) is 2.43. The molecule has 0 heterocycles. The standard InChI is InChI=1S/C22H22ClNO5/c1-28-21(26)8-5-13-24-20(25)15-29-22(27)19(14-16-6-3-2-4-7-16)17-9-11-18(23)12-10-17/h2-4,6-7,9-12,14H,5,8,13,15H2,1H3,(H,24,25)/b19-14+. The first-order valence-electron chi connectivity index (χ1n) is 9.03. The van der Waals surface area contributed by atoms with Crippen LogP contribution in [0.1, 0.15) is 24.0 Å². The molecule has 152 valence electrons. The highest BCUT2D eigenvalue weighted by Crippen LogP contribution is 2.22. The molecular weight excluding hydrogens is 394 g/mol. The molecule has 0 aliphatic rings. The lowest BCUT2D eigenvalue weighted by Crippen LogP contribution is -2.30. The van der Waals surface area contributed by atoms with Crippen LogP contribution in [0.2, 0.25) is 5.02 Å². The van der Waals surface area contributed by atoms with Crippen LogP contribution in [0.5, 0.6) is 0 Å². The summed E-state index contributed by atoms with van der Waals surface area (Å²) in [6.45, 7) is -0.133. The Morgan fingerprint density at radius 1 is 1.03 bits per heavy atom. The maximum Gasteiger partial charge on any atom is 0.339 e. The summed E-state index contributed by atoms with van der Waals surface area (Å²) in [7, 11) is 1.31. The van der Waals surface area contributed by atoms with Gasteiger partial charge in [-0.15, -0.1) is 0 Å². The van der Waals surface area contributed by atoms with Crippen molar-refractivity contribution < 1.29 is 23.9 Å². The molecule has 7 heteroatoms. The lowest BCUT2D eigenvalue weighted by molar-refractivity contribution is -0.142. The second-order valence-electron chi connectivity index (χ2n) is 6.08. The molecule has 1 N–H and O–H groups in total. The molecule has 0 bridgehead atoms.